The molecule has 0 aliphatic heterocycles. The molecule has 0 spiro atoms. The maximum absolute atomic E-state index is 13.3. The van der Waals surface area contributed by atoms with Gasteiger partial charge in [0.15, 0.2) is 11.4 Å². The molecule has 41 heavy (non-hydrogen) atoms. The van der Waals surface area contributed by atoms with E-state index in [-0.39, 0.29) is 35.4 Å². The van der Waals surface area contributed by atoms with E-state index in [4.69, 9.17) is 20.0 Å². The Bertz CT molecular complexity index is 1550. The van der Waals surface area contributed by atoms with E-state index < -0.39 is 50.9 Å². The zero-order valence-electron chi connectivity index (χ0n) is 22.0. The monoisotopic (exact) mass is 623 g/mol. The number of methoxy groups -OCH3 is 1. The average Bonchev–Trinajstić information content (AvgIpc) is 3.15. The fraction of sp³-hybridized carbons (Fsp3) is 0.409. The highest BCUT2D eigenvalue weighted by Crippen LogP contribution is 3.02. The third-order valence-electron chi connectivity index (χ3n) is 5.58. The molecule has 2 N–H and O–H groups in total. The van der Waals surface area contributed by atoms with Crippen molar-refractivity contribution in [2.24, 2.45) is 0 Å². The van der Waals surface area contributed by atoms with Gasteiger partial charge in [-0.3, -0.25) is 10.2 Å². The number of hydrogen-bond donors (Lipinski definition) is 2. The van der Waals surface area contributed by atoms with Crippen molar-refractivity contribution in [1.82, 2.24) is 19.4 Å². The van der Waals surface area contributed by atoms with Crippen molar-refractivity contribution in [3.05, 3.63) is 40.5 Å². The molecule has 2 heterocycles. The minimum atomic E-state index is -10.1. The van der Waals surface area contributed by atoms with Gasteiger partial charge in [0.1, 0.15) is 17.2 Å². The molecule has 230 valence electrons. The second-order valence-electron chi connectivity index (χ2n) is 8.70. The number of aryl methyl sites for hydroxylation is 1. The zero-order chi connectivity index (χ0) is 31.8. The Morgan fingerprint density at radius 2 is 1.63 bits per heavy atom. The second kappa shape index (κ2) is 10.5. The minimum Gasteiger partial charge on any atom is -0.497 e. The summed E-state index contributed by atoms with van der Waals surface area (Å²) in [6, 6.07) is 1.14. The molecule has 1 aromatic carbocycles. The Hall–Kier alpha value is -3.90. The fourth-order valence-electron chi connectivity index (χ4n) is 3.03. The highest BCUT2D eigenvalue weighted by Gasteiger charge is 2.65. The summed E-state index contributed by atoms with van der Waals surface area (Å²) in [5.74, 6) is -4.01. The largest absolute Gasteiger partial charge is 0.497 e. The van der Waals surface area contributed by atoms with Gasteiger partial charge in [-0.05, 0) is 39.3 Å². The molecule has 0 bridgehead atoms. The van der Waals surface area contributed by atoms with Crippen molar-refractivity contribution in [2.45, 2.75) is 57.8 Å². The van der Waals surface area contributed by atoms with Crippen LogP contribution in [0.4, 0.5) is 32.6 Å². The van der Waals surface area contributed by atoms with Gasteiger partial charge in [0.2, 0.25) is 11.5 Å². The number of carbonyl (C=O) groups is 2. The molecule has 0 aliphatic carbocycles. The molecule has 1 atom stereocenters. The maximum atomic E-state index is 13.3. The summed E-state index contributed by atoms with van der Waals surface area (Å²) in [4.78, 5) is 19.4. The number of hydrogen-bond acceptors (Lipinski definition) is 7. The number of carboxylic acids is 1. The number of fused-ring (bicyclic) bond motifs is 1. The molecule has 0 aliphatic rings. The van der Waals surface area contributed by atoms with Crippen LogP contribution in [-0.4, -0.2) is 55.6 Å². The Morgan fingerprint density at radius 3 is 2.10 bits per heavy atom. The van der Waals surface area contributed by atoms with Crippen LogP contribution in [0.1, 0.15) is 41.8 Å². The average molecular weight is 624 g/mol. The smallest absolute Gasteiger partial charge is 0.490 e. The number of rotatable bonds is 8. The summed E-state index contributed by atoms with van der Waals surface area (Å²) in [5.41, 5.74) is 0.525. The molecule has 0 amide bonds. The van der Waals surface area contributed by atoms with Gasteiger partial charge in [0, 0.05) is 22.8 Å². The first-order valence-corrected chi connectivity index (χ1v) is 13.3. The van der Waals surface area contributed by atoms with E-state index in [0.717, 1.165) is 22.4 Å². The lowest BCUT2D eigenvalue weighted by atomic mass is 10.1. The summed E-state index contributed by atoms with van der Waals surface area (Å²) in [6.45, 7) is 6.57. The number of carbonyl (C=O) groups excluding carboxylic acids is 1. The lowest BCUT2D eigenvalue weighted by molar-refractivity contribution is -0.192. The number of nitrogens with one attached hydrogen (secondary N) is 1. The van der Waals surface area contributed by atoms with Gasteiger partial charge in [0.05, 0.1) is 13.2 Å². The standard InChI is InChI=1S/C20H24F5N5O3S.C2HF3O2/c1-6-11(2)33-19-13(4)12(3)18-27-29(20(26)30(18)28-19)10-17(31)14-7-15(32-5)9-16(8-14)34(21,22,23,24)25;3-2(4,5)1(6)7/h7-9,11,26H,6,10H2,1-5H3;(H,6,7)/t11-;/m0./s1. The molecular formula is C22H25F8N5O5S. The molecule has 0 saturated heterocycles. The Labute approximate surface area is 226 Å². The molecular weight excluding hydrogens is 598 g/mol. The zero-order valence-corrected chi connectivity index (χ0v) is 22.8. The molecule has 10 nitrogen and oxygen atoms in total. The van der Waals surface area contributed by atoms with Crippen LogP contribution >= 0.6 is 10.2 Å². The van der Waals surface area contributed by atoms with Gasteiger partial charge in [0.25, 0.3) is 0 Å². The third kappa shape index (κ3) is 8.08. The summed E-state index contributed by atoms with van der Waals surface area (Å²) in [5, 5.41) is 23.9. The van der Waals surface area contributed by atoms with Crippen molar-refractivity contribution in [2.75, 3.05) is 7.11 Å². The van der Waals surface area contributed by atoms with Crippen molar-refractivity contribution in [1.29, 1.82) is 5.41 Å². The Kier molecular flexibility index (Phi) is 8.53. The SMILES string of the molecule is CC[C@H](C)Oc1nn2c(=N)n(CC(=O)c3cc(OC)cc(S(F)(F)(F)(F)F)c3)nc2c(C)c1C.O=C(O)C(F)(F)F. The van der Waals surface area contributed by atoms with Gasteiger partial charge in [-0.1, -0.05) is 26.4 Å². The van der Waals surface area contributed by atoms with Crippen LogP contribution in [0.25, 0.3) is 5.65 Å². The van der Waals surface area contributed by atoms with E-state index in [9.17, 15) is 37.4 Å². The fourth-order valence-corrected chi connectivity index (χ4v) is 3.72. The van der Waals surface area contributed by atoms with Gasteiger partial charge >= 0.3 is 22.4 Å². The summed E-state index contributed by atoms with van der Waals surface area (Å²) in [7, 11) is -9.07. The molecule has 0 radical (unpaired) electrons. The van der Waals surface area contributed by atoms with E-state index in [1.807, 2.05) is 13.8 Å². The number of ether oxygens (including phenoxy) is 2. The van der Waals surface area contributed by atoms with E-state index >= 15 is 0 Å². The number of alkyl halides is 3. The summed E-state index contributed by atoms with van der Waals surface area (Å²) >= 11 is 0. The number of aliphatic carboxylic acids is 1. The normalized spacial score (nSPS) is 14.4. The van der Waals surface area contributed by atoms with Crippen LogP contribution in [-0.2, 0) is 11.3 Å². The molecule has 0 saturated carbocycles. The first kappa shape index (κ1) is 33.3. The summed E-state index contributed by atoms with van der Waals surface area (Å²) in [6.07, 6.45) is -4.52. The van der Waals surface area contributed by atoms with Crippen LogP contribution in [0.5, 0.6) is 11.6 Å². The van der Waals surface area contributed by atoms with Gasteiger partial charge < -0.3 is 14.6 Å². The lowest BCUT2D eigenvalue weighted by Gasteiger charge is -2.40. The molecule has 0 unspecified atom stereocenters. The maximum Gasteiger partial charge on any atom is 0.490 e. The lowest BCUT2D eigenvalue weighted by Crippen LogP contribution is -2.27. The van der Waals surface area contributed by atoms with Gasteiger partial charge in [-0.2, -0.15) is 17.7 Å². The highest BCUT2D eigenvalue weighted by molar-refractivity contribution is 8.45. The van der Waals surface area contributed by atoms with E-state index in [2.05, 4.69) is 14.9 Å². The van der Waals surface area contributed by atoms with Crippen LogP contribution in [0.3, 0.4) is 0 Å². The number of halogens is 8. The predicted octanol–water partition coefficient (Wildman–Crippen LogP) is 5.99. The van der Waals surface area contributed by atoms with E-state index in [1.54, 1.807) is 13.8 Å². The van der Waals surface area contributed by atoms with Gasteiger partial charge in [-0.15, -0.1) is 10.2 Å². The first-order chi connectivity index (χ1) is 18.4. The topological polar surface area (TPSA) is 132 Å². The molecule has 19 heteroatoms. The predicted molar refractivity (Wildman–Crippen MR) is 129 cm³/mol. The first-order valence-electron chi connectivity index (χ1n) is 11.3. The van der Waals surface area contributed by atoms with Crippen molar-refractivity contribution < 1.29 is 56.8 Å². The number of aromatic nitrogens is 4. The van der Waals surface area contributed by atoms with E-state index in [0.29, 0.717) is 17.5 Å². The number of ketones is 1. The van der Waals surface area contributed by atoms with Crippen molar-refractivity contribution >= 4 is 27.6 Å². The number of benzene rings is 1. The molecule has 3 rings (SSSR count). The molecule has 3 aromatic rings. The number of carboxylic acid groups (broad SMARTS) is 1. The van der Waals surface area contributed by atoms with Crippen LogP contribution in [0.2, 0.25) is 0 Å². The summed E-state index contributed by atoms with van der Waals surface area (Å²) < 4.78 is 111. The highest BCUT2D eigenvalue weighted by atomic mass is 32.5. The minimum absolute atomic E-state index is 0.0815. The quantitative estimate of drug-likeness (QED) is 0.233. The van der Waals surface area contributed by atoms with E-state index in [1.165, 1.54) is 0 Å². The van der Waals surface area contributed by atoms with Crippen LogP contribution in [0.15, 0.2) is 23.1 Å². The number of nitrogens with zero attached hydrogens (tertiary/aromatic N) is 4. The number of Topliss-reactive ketones (excluding diaryl/α,β-unsaturated/α-hetero) is 1. The Balaban J connectivity index is 0.000000745. The molecule has 0 fully saturated rings. The van der Waals surface area contributed by atoms with Gasteiger partial charge in [-0.25, -0.2) is 9.48 Å². The van der Waals surface area contributed by atoms with Crippen LogP contribution in [0, 0.1) is 19.3 Å². The second-order valence-corrected chi connectivity index (χ2v) is 11.1. The van der Waals surface area contributed by atoms with Crippen LogP contribution < -0.4 is 15.1 Å². The molecule has 2 aromatic heterocycles. The van der Waals surface area contributed by atoms with Crippen molar-refractivity contribution in [3.8, 4) is 11.6 Å². The van der Waals surface area contributed by atoms with Crippen molar-refractivity contribution in [3.63, 3.8) is 0 Å². The third-order valence-corrected chi connectivity index (χ3v) is 6.70. The Morgan fingerprint density at radius 1 is 1.07 bits per heavy atom.